The van der Waals surface area contributed by atoms with Crippen LogP contribution in [0.4, 0.5) is 0 Å². The quantitative estimate of drug-likeness (QED) is 0.596. The lowest BCUT2D eigenvalue weighted by molar-refractivity contribution is 0.174. The Bertz CT molecular complexity index is 263. The van der Waals surface area contributed by atoms with Crippen molar-refractivity contribution in [3.63, 3.8) is 0 Å². The SMILES string of the molecule is CC1CCCC(C)N1S(C)(I)N1C(C)CCCC1C. The Kier molecular flexibility index (Phi) is 5.52. The lowest BCUT2D eigenvalue weighted by Crippen LogP contribution is -2.53. The highest BCUT2D eigenvalue weighted by atomic mass is 127. The van der Waals surface area contributed by atoms with Gasteiger partial charge in [-0.15, -0.1) is 0 Å². The van der Waals surface area contributed by atoms with Crippen LogP contribution in [0.15, 0.2) is 0 Å². The average molecular weight is 398 g/mol. The van der Waals surface area contributed by atoms with Crippen molar-refractivity contribution in [2.75, 3.05) is 6.26 Å². The lowest BCUT2D eigenvalue weighted by Gasteiger charge is -2.59. The van der Waals surface area contributed by atoms with E-state index in [-0.39, 0.29) is 0 Å². The second kappa shape index (κ2) is 6.41. The largest absolute Gasteiger partial charge is 0.243 e. The molecule has 4 heteroatoms. The van der Waals surface area contributed by atoms with Gasteiger partial charge in [-0.3, -0.25) is 0 Å². The van der Waals surface area contributed by atoms with Crippen LogP contribution >= 0.6 is 28.8 Å². The van der Waals surface area contributed by atoms with E-state index in [1.807, 2.05) is 0 Å². The summed E-state index contributed by atoms with van der Waals surface area (Å²) < 4.78 is 5.74. The molecule has 4 unspecified atom stereocenters. The second-order valence-corrected chi connectivity index (χ2v) is 14.0. The number of hydrogen-bond donors (Lipinski definition) is 0. The first kappa shape index (κ1) is 16.4. The molecule has 0 radical (unpaired) electrons. The normalized spacial score (nSPS) is 43.7. The van der Waals surface area contributed by atoms with E-state index in [2.05, 4.69) is 63.8 Å². The Morgan fingerprint density at radius 3 is 1.26 bits per heavy atom. The van der Waals surface area contributed by atoms with Crippen molar-refractivity contribution >= 4 is 28.8 Å². The van der Waals surface area contributed by atoms with Crippen molar-refractivity contribution in [2.45, 2.75) is 90.4 Å². The molecule has 0 bridgehead atoms. The van der Waals surface area contributed by atoms with E-state index in [0.29, 0.717) is 0 Å². The number of nitrogens with zero attached hydrogens (tertiary/aromatic N) is 2. The van der Waals surface area contributed by atoms with Gasteiger partial charge in [-0.25, -0.2) is 8.61 Å². The summed E-state index contributed by atoms with van der Waals surface area (Å²) in [5.74, 6) is 0. The summed E-state index contributed by atoms with van der Waals surface area (Å²) in [7, 11) is -0.845. The van der Waals surface area contributed by atoms with Gasteiger partial charge < -0.3 is 0 Å². The zero-order chi connectivity index (χ0) is 14.2. The maximum atomic E-state index is 2.87. The van der Waals surface area contributed by atoms with Crippen LogP contribution in [0, 0.1) is 0 Å². The highest BCUT2D eigenvalue weighted by Gasteiger charge is 2.43. The van der Waals surface area contributed by atoms with Gasteiger partial charge in [0.05, 0.1) is 0 Å². The Hall–Kier alpha value is 1.00. The summed E-state index contributed by atoms with van der Waals surface area (Å²) in [4.78, 5) is 0. The second-order valence-electron chi connectivity index (χ2n) is 6.72. The van der Waals surface area contributed by atoms with Crippen molar-refractivity contribution in [3.8, 4) is 0 Å². The fourth-order valence-electron chi connectivity index (χ4n) is 4.22. The summed E-state index contributed by atoms with van der Waals surface area (Å²) >= 11 is 2.81. The fourth-order valence-corrected chi connectivity index (χ4v) is 12.1. The van der Waals surface area contributed by atoms with Crippen LogP contribution in [0.2, 0.25) is 0 Å². The van der Waals surface area contributed by atoms with Crippen LogP contribution < -0.4 is 0 Å². The van der Waals surface area contributed by atoms with Gasteiger partial charge in [-0.1, -0.05) is 20.4 Å². The first-order valence-electron chi connectivity index (χ1n) is 7.90. The molecular formula is C15H31IN2S. The molecule has 2 aliphatic heterocycles. The minimum absolute atomic E-state index is 0.752. The molecule has 2 fully saturated rings. The van der Waals surface area contributed by atoms with E-state index in [1.54, 1.807) is 0 Å². The molecule has 19 heavy (non-hydrogen) atoms. The molecule has 0 aromatic carbocycles. The maximum absolute atomic E-state index is 2.87. The fraction of sp³-hybridized carbons (Fsp3) is 1.00. The molecule has 0 aliphatic carbocycles. The summed E-state index contributed by atoms with van der Waals surface area (Å²) in [6.45, 7) is 9.77. The minimum Gasteiger partial charge on any atom is -0.243 e. The predicted octanol–water partition coefficient (Wildman–Crippen LogP) is 5.13. The molecule has 0 saturated carbocycles. The third kappa shape index (κ3) is 3.27. The molecular weight excluding hydrogens is 367 g/mol. The molecule has 2 saturated heterocycles. The molecule has 2 heterocycles. The highest BCUT2D eigenvalue weighted by Crippen LogP contribution is 2.65. The van der Waals surface area contributed by atoms with Gasteiger partial charge in [0.2, 0.25) is 0 Å². The van der Waals surface area contributed by atoms with Crippen molar-refractivity contribution in [1.82, 2.24) is 8.61 Å². The van der Waals surface area contributed by atoms with Crippen molar-refractivity contribution in [2.24, 2.45) is 0 Å². The smallest absolute Gasteiger partial charge is 0.0180 e. The maximum Gasteiger partial charge on any atom is 0.0180 e. The Morgan fingerprint density at radius 2 is 1.00 bits per heavy atom. The molecule has 0 amide bonds. The number of halogens is 1. The van der Waals surface area contributed by atoms with Crippen LogP contribution in [0.1, 0.15) is 66.2 Å². The third-order valence-electron chi connectivity index (χ3n) is 4.99. The third-order valence-corrected chi connectivity index (χ3v) is 10.7. The average Bonchev–Trinajstić information content (AvgIpc) is 2.27. The first-order valence-corrected chi connectivity index (χ1v) is 12.4. The van der Waals surface area contributed by atoms with Gasteiger partial charge in [0.1, 0.15) is 0 Å². The van der Waals surface area contributed by atoms with Crippen LogP contribution in [-0.4, -0.2) is 39.0 Å². The van der Waals surface area contributed by atoms with Crippen LogP contribution in [-0.2, 0) is 0 Å². The monoisotopic (exact) mass is 398 g/mol. The molecule has 2 aliphatic rings. The molecule has 2 nitrogen and oxygen atoms in total. The van der Waals surface area contributed by atoms with Gasteiger partial charge in [0, 0.05) is 45.4 Å². The molecule has 2 rings (SSSR count). The molecule has 114 valence electrons. The van der Waals surface area contributed by atoms with E-state index < -0.39 is 7.57 Å². The summed E-state index contributed by atoms with van der Waals surface area (Å²) in [6.07, 6.45) is 10.9. The zero-order valence-corrected chi connectivity index (χ0v) is 16.2. The van der Waals surface area contributed by atoms with E-state index in [0.717, 1.165) is 24.2 Å². The van der Waals surface area contributed by atoms with E-state index in [4.69, 9.17) is 0 Å². The van der Waals surface area contributed by atoms with Gasteiger partial charge >= 0.3 is 0 Å². The van der Waals surface area contributed by atoms with Crippen molar-refractivity contribution in [3.05, 3.63) is 0 Å². The number of piperidine rings is 2. The molecule has 0 spiro atoms. The molecule has 0 aromatic rings. The van der Waals surface area contributed by atoms with E-state index in [9.17, 15) is 0 Å². The van der Waals surface area contributed by atoms with E-state index >= 15 is 0 Å². The van der Waals surface area contributed by atoms with E-state index in [1.165, 1.54) is 38.5 Å². The zero-order valence-electron chi connectivity index (χ0n) is 13.2. The molecule has 0 aromatic heterocycles. The Labute approximate surface area is 133 Å². The number of rotatable bonds is 2. The van der Waals surface area contributed by atoms with Gasteiger partial charge in [-0.05, 0) is 59.6 Å². The Morgan fingerprint density at radius 1 is 0.737 bits per heavy atom. The summed E-state index contributed by atoms with van der Waals surface area (Å²) in [5.41, 5.74) is 0. The van der Waals surface area contributed by atoms with Gasteiger partial charge in [-0.2, -0.15) is 0 Å². The minimum atomic E-state index is -0.845. The first-order chi connectivity index (χ1) is 8.85. The van der Waals surface area contributed by atoms with Gasteiger partial charge in [0.25, 0.3) is 0 Å². The summed E-state index contributed by atoms with van der Waals surface area (Å²) in [6, 6.07) is 3.01. The van der Waals surface area contributed by atoms with Crippen molar-refractivity contribution in [1.29, 1.82) is 0 Å². The predicted molar refractivity (Wildman–Crippen MR) is 96.8 cm³/mol. The van der Waals surface area contributed by atoms with Crippen LogP contribution in [0.5, 0.6) is 0 Å². The molecule has 0 N–H and O–H groups in total. The number of hydrogen-bond acceptors (Lipinski definition) is 2. The lowest BCUT2D eigenvalue weighted by atomic mass is 10.0. The van der Waals surface area contributed by atoms with Crippen molar-refractivity contribution < 1.29 is 0 Å². The standard InChI is InChI=1S/C15H31IN2S/c1-12-8-6-9-13(2)17(12)19(5,16)18-14(3)10-7-11-15(18)4/h12-15H,6-11H2,1-5H3. The van der Waals surface area contributed by atoms with Gasteiger partial charge in [0.15, 0.2) is 0 Å². The molecule has 4 atom stereocenters. The van der Waals surface area contributed by atoms with Crippen LogP contribution in [0.25, 0.3) is 0 Å². The highest BCUT2D eigenvalue weighted by molar-refractivity contribution is 14.2. The summed E-state index contributed by atoms with van der Waals surface area (Å²) in [5, 5.41) is 0. The van der Waals surface area contributed by atoms with Crippen LogP contribution in [0.3, 0.4) is 0 Å². The topological polar surface area (TPSA) is 6.48 Å². The Balaban J connectivity index is 2.23.